The summed E-state index contributed by atoms with van der Waals surface area (Å²) in [6.07, 6.45) is 1.77. The van der Waals surface area contributed by atoms with E-state index in [9.17, 15) is 4.79 Å². The molecule has 0 bridgehead atoms. The van der Waals surface area contributed by atoms with Crippen LogP contribution in [0.2, 0.25) is 0 Å². The number of benzene rings is 2. The quantitative estimate of drug-likeness (QED) is 0.585. The van der Waals surface area contributed by atoms with E-state index in [1.165, 1.54) is 7.11 Å². The largest absolute Gasteiger partial charge is 0.468 e. The molecule has 2 heterocycles. The minimum atomic E-state index is -1.13. The summed E-state index contributed by atoms with van der Waals surface area (Å²) in [6, 6.07) is 17.1. The van der Waals surface area contributed by atoms with Gasteiger partial charge < -0.3 is 20.3 Å². The van der Waals surface area contributed by atoms with Gasteiger partial charge in [-0.05, 0) is 37.2 Å². The highest BCUT2D eigenvalue weighted by Crippen LogP contribution is 2.57. The van der Waals surface area contributed by atoms with Crippen LogP contribution in [-0.2, 0) is 9.53 Å². The van der Waals surface area contributed by atoms with Crippen molar-refractivity contribution in [1.82, 2.24) is 15.5 Å². The average Bonchev–Trinajstić information content (AvgIpc) is 2.75. The number of esters is 1. The predicted molar refractivity (Wildman–Crippen MR) is 121 cm³/mol. The van der Waals surface area contributed by atoms with Crippen molar-refractivity contribution in [2.45, 2.75) is 31.6 Å². The number of ether oxygens (including phenoxy) is 1. The van der Waals surface area contributed by atoms with Crippen LogP contribution < -0.4 is 10.6 Å². The van der Waals surface area contributed by atoms with Crippen molar-refractivity contribution >= 4 is 29.6 Å². The van der Waals surface area contributed by atoms with Crippen molar-refractivity contribution in [3.8, 4) is 0 Å². The van der Waals surface area contributed by atoms with Gasteiger partial charge in [-0.15, -0.1) is 0 Å². The normalized spacial score (nSPS) is 30.1. The second kappa shape index (κ2) is 7.40. The van der Waals surface area contributed by atoms with Gasteiger partial charge in [-0.2, -0.15) is 0 Å². The Kier molecular flexibility index (Phi) is 5.02. The lowest BCUT2D eigenvalue weighted by atomic mass is 9.59. The fraction of sp³-hybridized carbons (Fsp3) is 0.348. The molecule has 30 heavy (non-hydrogen) atoms. The maximum atomic E-state index is 13.8. The molecule has 2 aromatic carbocycles. The molecule has 7 heteroatoms. The van der Waals surface area contributed by atoms with E-state index in [1.807, 2.05) is 80.4 Å². The summed E-state index contributed by atoms with van der Waals surface area (Å²) in [4.78, 5) is 20.5. The zero-order valence-corrected chi connectivity index (χ0v) is 18.4. The molecule has 2 N–H and O–H groups in total. The number of carbonyl (C=O) groups excluding carboxylic acids is 1. The van der Waals surface area contributed by atoms with E-state index in [0.29, 0.717) is 5.11 Å². The van der Waals surface area contributed by atoms with E-state index in [4.69, 9.17) is 21.9 Å². The smallest absolute Gasteiger partial charge is 0.321 e. The summed E-state index contributed by atoms with van der Waals surface area (Å²) in [5, 5.41) is 7.21. The highest BCUT2D eigenvalue weighted by Gasteiger charge is 2.70. The Bertz CT molecular complexity index is 994. The molecule has 1 fully saturated rings. The minimum absolute atomic E-state index is 0.351. The number of fused-ring (bicyclic) bond motifs is 1. The number of hydrogen-bond donors (Lipinski definition) is 2. The van der Waals surface area contributed by atoms with Gasteiger partial charge >= 0.3 is 5.97 Å². The highest BCUT2D eigenvalue weighted by atomic mass is 32.1. The Morgan fingerprint density at radius 1 is 1.13 bits per heavy atom. The summed E-state index contributed by atoms with van der Waals surface area (Å²) < 4.78 is 5.46. The van der Waals surface area contributed by atoms with Crippen LogP contribution in [-0.4, -0.2) is 42.1 Å². The maximum absolute atomic E-state index is 13.8. The van der Waals surface area contributed by atoms with E-state index in [0.717, 1.165) is 16.7 Å². The number of hydrogen-bond acceptors (Lipinski definition) is 5. The van der Waals surface area contributed by atoms with Crippen LogP contribution in [0.3, 0.4) is 0 Å². The Hall–Kier alpha value is -2.93. The first-order valence-corrected chi connectivity index (χ1v) is 10.3. The van der Waals surface area contributed by atoms with Crippen molar-refractivity contribution < 1.29 is 9.53 Å². The number of thiocarbonyl (C=S) groups is 1. The molecule has 2 aromatic rings. The molecule has 0 spiro atoms. The Morgan fingerprint density at radius 3 is 2.43 bits per heavy atom. The van der Waals surface area contributed by atoms with E-state index < -0.39 is 23.2 Å². The van der Waals surface area contributed by atoms with Crippen LogP contribution >= 0.6 is 12.2 Å². The van der Waals surface area contributed by atoms with E-state index in [1.54, 1.807) is 6.34 Å². The third-order valence-corrected chi connectivity index (χ3v) is 6.69. The summed E-state index contributed by atoms with van der Waals surface area (Å²) in [6.45, 7) is 4.02. The van der Waals surface area contributed by atoms with Crippen LogP contribution in [0.1, 0.15) is 35.7 Å². The van der Waals surface area contributed by atoms with Crippen molar-refractivity contribution in [2.75, 3.05) is 14.2 Å². The highest BCUT2D eigenvalue weighted by molar-refractivity contribution is 7.80. The predicted octanol–water partition coefficient (Wildman–Crippen LogP) is 3.10. The average molecular weight is 423 g/mol. The molecule has 6 nitrogen and oxygen atoms in total. The van der Waals surface area contributed by atoms with Gasteiger partial charge in [-0.25, -0.2) is 0 Å². The van der Waals surface area contributed by atoms with Crippen molar-refractivity contribution in [3.63, 3.8) is 0 Å². The molecule has 0 amide bonds. The van der Waals surface area contributed by atoms with E-state index in [2.05, 4.69) is 10.6 Å². The molecule has 4 rings (SSSR count). The Balaban J connectivity index is 2.04. The lowest BCUT2D eigenvalue weighted by Crippen LogP contribution is -2.79. The molecule has 2 aliphatic rings. The molecular formula is C23H26N4O2S. The molecule has 0 aromatic heterocycles. The summed E-state index contributed by atoms with van der Waals surface area (Å²) in [5.74, 6) is -0.351. The standard InChI is InChI=1S/C23H26N4O2S/c1-15-10-12-17(13-11-15)18-23(20(28)29-4)19(16-8-6-5-7-9-16)25-21(30)26-22(23,2)27(3)14-24-18/h5-14,18-19H,1-4H3,(H2,25,26,30)/t18?,19-,22+,23+/m1/s1. The molecule has 0 radical (unpaired) electrons. The second-order valence-electron chi connectivity index (χ2n) is 8.06. The van der Waals surface area contributed by atoms with Gasteiger partial charge in [0, 0.05) is 7.05 Å². The first-order chi connectivity index (χ1) is 14.3. The number of rotatable bonds is 3. The van der Waals surface area contributed by atoms with Gasteiger partial charge in [0.25, 0.3) is 0 Å². The summed E-state index contributed by atoms with van der Waals surface area (Å²) >= 11 is 5.58. The fourth-order valence-corrected chi connectivity index (χ4v) is 5.09. The lowest BCUT2D eigenvalue weighted by molar-refractivity contribution is -0.172. The van der Waals surface area contributed by atoms with Gasteiger partial charge in [-0.3, -0.25) is 9.79 Å². The van der Waals surface area contributed by atoms with Gasteiger partial charge in [0.2, 0.25) is 0 Å². The second-order valence-corrected chi connectivity index (χ2v) is 8.47. The zero-order valence-electron chi connectivity index (χ0n) is 17.5. The van der Waals surface area contributed by atoms with E-state index >= 15 is 0 Å². The van der Waals surface area contributed by atoms with Crippen LogP contribution in [0.25, 0.3) is 0 Å². The Labute approximate surface area is 182 Å². The summed E-state index contributed by atoms with van der Waals surface area (Å²) in [7, 11) is 3.33. The SMILES string of the molecule is COC(=O)[C@@]12C(c3ccc(C)cc3)N=CN(C)[C@]1(C)NC(=S)N[C@@H]2c1ccccc1. The third-order valence-electron chi connectivity index (χ3n) is 6.47. The Morgan fingerprint density at radius 2 is 1.80 bits per heavy atom. The van der Waals surface area contributed by atoms with Crippen molar-refractivity contribution in [1.29, 1.82) is 0 Å². The molecule has 1 saturated heterocycles. The number of nitrogens with one attached hydrogen (secondary N) is 2. The van der Waals surface area contributed by atoms with Gasteiger partial charge in [0.1, 0.15) is 5.66 Å². The first-order valence-electron chi connectivity index (χ1n) is 9.89. The number of aryl methyl sites for hydroxylation is 1. The van der Waals surface area contributed by atoms with E-state index in [-0.39, 0.29) is 5.97 Å². The van der Waals surface area contributed by atoms with Crippen molar-refractivity contribution in [3.05, 3.63) is 71.3 Å². The summed E-state index contributed by atoms with van der Waals surface area (Å²) in [5.41, 5.74) is 1.02. The van der Waals surface area contributed by atoms with Gasteiger partial charge in [0.05, 0.1) is 25.5 Å². The van der Waals surface area contributed by atoms with Crippen LogP contribution in [0.4, 0.5) is 0 Å². The number of aliphatic imine (C=N–C) groups is 1. The van der Waals surface area contributed by atoms with Gasteiger partial charge in [0.15, 0.2) is 10.5 Å². The minimum Gasteiger partial charge on any atom is -0.468 e. The van der Waals surface area contributed by atoms with Gasteiger partial charge in [-0.1, -0.05) is 60.2 Å². The molecule has 2 aliphatic heterocycles. The molecule has 0 saturated carbocycles. The van der Waals surface area contributed by atoms with Crippen molar-refractivity contribution in [2.24, 2.45) is 10.4 Å². The van der Waals surface area contributed by atoms with Crippen LogP contribution in [0.5, 0.6) is 0 Å². The van der Waals surface area contributed by atoms with Crippen LogP contribution in [0, 0.1) is 12.3 Å². The maximum Gasteiger partial charge on any atom is 0.321 e. The number of nitrogens with zero attached hydrogens (tertiary/aromatic N) is 2. The number of methoxy groups -OCH3 is 1. The monoisotopic (exact) mass is 422 g/mol. The topological polar surface area (TPSA) is 66.0 Å². The third kappa shape index (κ3) is 2.80. The molecule has 0 aliphatic carbocycles. The first kappa shape index (κ1) is 20.3. The molecular weight excluding hydrogens is 396 g/mol. The fourth-order valence-electron chi connectivity index (χ4n) is 4.78. The molecule has 4 atom stereocenters. The lowest BCUT2D eigenvalue weighted by Gasteiger charge is -2.61. The number of carbonyl (C=O) groups is 1. The zero-order chi connectivity index (χ0) is 21.5. The molecule has 156 valence electrons. The molecule has 1 unspecified atom stereocenters. The van der Waals surface area contributed by atoms with Crippen LogP contribution in [0.15, 0.2) is 59.6 Å².